The van der Waals surface area contributed by atoms with Crippen molar-refractivity contribution in [2.75, 3.05) is 0 Å². The fourth-order valence-electron chi connectivity index (χ4n) is 3.07. The van der Waals surface area contributed by atoms with Gasteiger partial charge in [0.1, 0.15) is 18.2 Å². The van der Waals surface area contributed by atoms with Crippen LogP contribution in [0.2, 0.25) is 0 Å². The largest absolute Gasteiger partial charge is 0.488 e. The highest BCUT2D eigenvalue weighted by atomic mass is 127. The standard InChI is InChI=1S/C25H20FIN2O2S/c1-2-16-6-9-20(10-7-16)28-25-29-24(30)23(32-25)14-17-8-11-22(21(27)13-17)31-15-18-4-3-5-19(26)12-18/h3-14H,2,15H2,1H3,(H,28,29,30)/b23-14-. The fourth-order valence-corrected chi connectivity index (χ4v) is 4.60. The third-order valence-corrected chi connectivity index (χ3v) is 6.52. The molecule has 4 nitrogen and oxygen atoms in total. The molecular weight excluding hydrogens is 538 g/mol. The van der Waals surface area contributed by atoms with Gasteiger partial charge in [-0.05, 0) is 99.9 Å². The number of hydrogen-bond acceptors (Lipinski definition) is 4. The van der Waals surface area contributed by atoms with E-state index in [0.29, 0.717) is 15.8 Å². The number of nitrogens with zero attached hydrogens (tertiary/aromatic N) is 1. The lowest BCUT2D eigenvalue weighted by atomic mass is 10.2. The molecule has 32 heavy (non-hydrogen) atoms. The number of halogens is 2. The average Bonchev–Trinajstić information content (AvgIpc) is 3.12. The van der Waals surface area contributed by atoms with E-state index in [9.17, 15) is 9.18 Å². The van der Waals surface area contributed by atoms with Crippen molar-refractivity contribution in [3.05, 3.63) is 97.7 Å². The summed E-state index contributed by atoms with van der Waals surface area (Å²) in [6, 6.07) is 20.0. The molecule has 0 saturated carbocycles. The number of hydrogen-bond donors (Lipinski definition) is 1. The number of carbonyl (C=O) groups is 1. The molecule has 0 bridgehead atoms. The normalized spacial score (nSPS) is 15.9. The second-order valence-corrected chi connectivity index (χ2v) is 9.30. The minimum Gasteiger partial charge on any atom is -0.488 e. The van der Waals surface area contributed by atoms with Crippen molar-refractivity contribution in [1.29, 1.82) is 0 Å². The van der Waals surface area contributed by atoms with E-state index >= 15 is 0 Å². The van der Waals surface area contributed by atoms with Crippen LogP contribution in [-0.2, 0) is 17.8 Å². The van der Waals surface area contributed by atoms with Crippen LogP contribution in [0.1, 0.15) is 23.6 Å². The number of amides is 1. The first kappa shape index (κ1) is 22.5. The molecule has 1 aliphatic heterocycles. The van der Waals surface area contributed by atoms with Gasteiger partial charge in [-0.3, -0.25) is 4.79 Å². The Hall–Kier alpha value is -2.65. The van der Waals surface area contributed by atoms with Gasteiger partial charge in [0, 0.05) is 0 Å². The quantitative estimate of drug-likeness (QED) is 0.279. The van der Waals surface area contributed by atoms with E-state index in [4.69, 9.17) is 4.74 Å². The molecule has 0 radical (unpaired) electrons. The van der Waals surface area contributed by atoms with Crippen molar-refractivity contribution >= 4 is 57.2 Å². The molecule has 1 amide bonds. The molecule has 4 rings (SSSR count). The summed E-state index contributed by atoms with van der Waals surface area (Å²) in [5.74, 6) is 0.259. The van der Waals surface area contributed by atoms with Crippen LogP contribution in [0.5, 0.6) is 5.75 Å². The fraction of sp³-hybridized carbons (Fsp3) is 0.120. The Labute approximate surface area is 204 Å². The van der Waals surface area contributed by atoms with Gasteiger partial charge in [-0.15, -0.1) is 0 Å². The number of nitrogens with one attached hydrogen (secondary N) is 1. The Morgan fingerprint density at radius 1 is 1.09 bits per heavy atom. The van der Waals surface area contributed by atoms with Crippen LogP contribution in [0.25, 0.3) is 6.08 Å². The lowest BCUT2D eigenvalue weighted by Crippen LogP contribution is -2.19. The first-order chi connectivity index (χ1) is 15.5. The van der Waals surface area contributed by atoms with E-state index in [2.05, 4.69) is 39.8 Å². The van der Waals surface area contributed by atoms with Gasteiger partial charge in [0.05, 0.1) is 14.2 Å². The maximum atomic E-state index is 13.3. The Morgan fingerprint density at radius 2 is 1.91 bits per heavy atom. The number of benzene rings is 3. The summed E-state index contributed by atoms with van der Waals surface area (Å²) in [4.78, 5) is 17.5. The lowest BCUT2D eigenvalue weighted by Gasteiger charge is -2.09. The highest BCUT2D eigenvalue weighted by molar-refractivity contribution is 14.1. The van der Waals surface area contributed by atoms with Crippen molar-refractivity contribution in [2.24, 2.45) is 4.99 Å². The molecule has 3 aromatic carbocycles. The molecule has 0 atom stereocenters. The van der Waals surface area contributed by atoms with E-state index < -0.39 is 0 Å². The summed E-state index contributed by atoms with van der Waals surface area (Å²) < 4.78 is 20.1. The number of carbonyl (C=O) groups excluding carboxylic acids is 1. The first-order valence-corrected chi connectivity index (χ1v) is 11.9. The van der Waals surface area contributed by atoms with Gasteiger partial charge >= 0.3 is 0 Å². The number of ether oxygens (including phenoxy) is 1. The molecule has 1 saturated heterocycles. The summed E-state index contributed by atoms with van der Waals surface area (Å²) in [5, 5.41) is 3.38. The molecule has 3 aromatic rings. The zero-order valence-electron chi connectivity index (χ0n) is 17.3. The summed E-state index contributed by atoms with van der Waals surface area (Å²) in [7, 11) is 0. The van der Waals surface area contributed by atoms with E-state index in [1.54, 1.807) is 6.07 Å². The molecule has 0 unspecified atom stereocenters. The zero-order valence-corrected chi connectivity index (χ0v) is 20.2. The molecule has 0 spiro atoms. The third-order valence-electron chi connectivity index (χ3n) is 4.76. The SMILES string of the molecule is CCc1ccc(N=C2NC(=O)/C(=C/c3ccc(OCc4cccc(F)c4)c(I)c3)S2)cc1. The van der Waals surface area contributed by atoms with Gasteiger partial charge in [0.2, 0.25) is 0 Å². The maximum Gasteiger partial charge on any atom is 0.264 e. The van der Waals surface area contributed by atoms with Gasteiger partial charge in [0.15, 0.2) is 5.17 Å². The van der Waals surface area contributed by atoms with Crippen molar-refractivity contribution in [2.45, 2.75) is 20.0 Å². The molecule has 162 valence electrons. The van der Waals surface area contributed by atoms with Crippen LogP contribution in [-0.4, -0.2) is 11.1 Å². The molecule has 0 aliphatic carbocycles. The van der Waals surface area contributed by atoms with E-state index in [1.807, 2.05) is 54.6 Å². The zero-order chi connectivity index (χ0) is 22.5. The van der Waals surface area contributed by atoms with Crippen LogP contribution in [0, 0.1) is 9.39 Å². The topological polar surface area (TPSA) is 50.7 Å². The number of amidine groups is 1. The monoisotopic (exact) mass is 558 g/mol. The van der Waals surface area contributed by atoms with Gasteiger partial charge in [-0.1, -0.05) is 37.3 Å². The Morgan fingerprint density at radius 3 is 2.62 bits per heavy atom. The van der Waals surface area contributed by atoms with Crippen molar-refractivity contribution in [1.82, 2.24) is 5.32 Å². The molecule has 0 aromatic heterocycles. The highest BCUT2D eigenvalue weighted by Crippen LogP contribution is 2.30. The smallest absolute Gasteiger partial charge is 0.264 e. The summed E-state index contributed by atoms with van der Waals surface area (Å²) >= 11 is 3.51. The molecule has 1 fully saturated rings. The molecule has 1 aliphatic rings. The predicted molar refractivity (Wildman–Crippen MR) is 137 cm³/mol. The lowest BCUT2D eigenvalue weighted by molar-refractivity contribution is -0.115. The predicted octanol–water partition coefficient (Wildman–Crippen LogP) is 6.46. The summed E-state index contributed by atoms with van der Waals surface area (Å²) in [5.41, 5.74) is 3.71. The van der Waals surface area contributed by atoms with Gasteiger partial charge in [0.25, 0.3) is 5.91 Å². The minimum absolute atomic E-state index is 0.166. The highest BCUT2D eigenvalue weighted by Gasteiger charge is 2.23. The van der Waals surface area contributed by atoms with Crippen molar-refractivity contribution in [3.63, 3.8) is 0 Å². The Balaban J connectivity index is 1.44. The minimum atomic E-state index is -0.281. The van der Waals surface area contributed by atoms with Gasteiger partial charge in [-0.25, -0.2) is 9.38 Å². The van der Waals surface area contributed by atoms with Gasteiger partial charge < -0.3 is 10.1 Å². The van der Waals surface area contributed by atoms with E-state index in [-0.39, 0.29) is 18.3 Å². The van der Waals surface area contributed by atoms with Crippen LogP contribution in [0.4, 0.5) is 10.1 Å². The summed E-state index contributed by atoms with van der Waals surface area (Å²) in [6.45, 7) is 2.39. The van der Waals surface area contributed by atoms with Crippen molar-refractivity contribution < 1.29 is 13.9 Å². The number of rotatable bonds is 6. The second kappa shape index (κ2) is 10.3. The Bertz CT molecular complexity index is 1210. The molecule has 1 heterocycles. The van der Waals surface area contributed by atoms with E-state index in [1.165, 1.54) is 29.5 Å². The molecule has 7 heteroatoms. The average molecular weight is 558 g/mol. The van der Waals surface area contributed by atoms with Crippen molar-refractivity contribution in [3.8, 4) is 5.75 Å². The van der Waals surface area contributed by atoms with Crippen LogP contribution < -0.4 is 10.1 Å². The number of thioether (sulfide) groups is 1. The van der Waals surface area contributed by atoms with Crippen LogP contribution in [0.15, 0.2) is 76.6 Å². The second-order valence-electron chi connectivity index (χ2n) is 7.11. The first-order valence-electron chi connectivity index (χ1n) is 10.1. The maximum absolute atomic E-state index is 13.3. The van der Waals surface area contributed by atoms with Crippen LogP contribution in [0.3, 0.4) is 0 Å². The van der Waals surface area contributed by atoms with Gasteiger partial charge in [-0.2, -0.15) is 0 Å². The summed E-state index contributed by atoms with van der Waals surface area (Å²) in [6.07, 6.45) is 2.81. The van der Waals surface area contributed by atoms with E-state index in [0.717, 1.165) is 26.8 Å². The Kier molecular flexibility index (Phi) is 7.26. The number of aliphatic imine (C=N–C) groups is 1. The number of aryl methyl sites for hydroxylation is 1. The molecular formula is C25H20FIN2O2S. The third kappa shape index (κ3) is 5.77. The van der Waals surface area contributed by atoms with Crippen LogP contribution >= 0.6 is 34.4 Å². The molecule has 1 N–H and O–H groups in total.